The van der Waals surface area contributed by atoms with Crippen LogP contribution in [0.2, 0.25) is 0 Å². The van der Waals surface area contributed by atoms with Crippen molar-refractivity contribution in [3.8, 4) is 11.1 Å². The van der Waals surface area contributed by atoms with E-state index in [-0.39, 0.29) is 12.0 Å². The molecule has 1 atom stereocenters. The van der Waals surface area contributed by atoms with Crippen LogP contribution in [0.1, 0.15) is 27.9 Å². The fourth-order valence-corrected chi connectivity index (χ4v) is 2.88. The molecule has 0 aromatic heterocycles. The van der Waals surface area contributed by atoms with Gasteiger partial charge in [-0.1, -0.05) is 30.3 Å². The van der Waals surface area contributed by atoms with Crippen LogP contribution in [0.4, 0.5) is 0 Å². The number of aryl methyl sites for hydroxylation is 1. The first-order chi connectivity index (χ1) is 10.2. The summed E-state index contributed by atoms with van der Waals surface area (Å²) >= 11 is 0. The summed E-state index contributed by atoms with van der Waals surface area (Å²) in [6.07, 6.45) is 3.08. The topological polar surface area (TPSA) is 52.3 Å². The van der Waals surface area contributed by atoms with Crippen molar-refractivity contribution >= 4 is 5.97 Å². The summed E-state index contributed by atoms with van der Waals surface area (Å²) in [6, 6.07) is 14.3. The highest BCUT2D eigenvalue weighted by Crippen LogP contribution is 2.27. The number of nitrogens with two attached hydrogens (primary N) is 1. The van der Waals surface area contributed by atoms with Crippen LogP contribution in [0.3, 0.4) is 0 Å². The number of ether oxygens (including phenoxy) is 1. The van der Waals surface area contributed by atoms with E-state index >= 15 is 0 Å². The molecule has 0 aliphatic heterocycles. The van der Waals surface area contributed by atoms with Crippen LogP contribution in [-0.2, 0) is 17.6 Å². The van der Waals surface area contributed by atoms with Crippen LogP contribution in [0.25, 0.3) is 11.1 Å². The Morgan fingerprint density at radius 2 is 1.81 bits per heavy atom. The number of hydrogen-bond acceptors (Lipinski definition) is 3. The maximum Gasteiger partial charge on any atom is 0.337 e. The lowest BCUT2D eigenvalue weighted by Crippen LogP contribution is -2.27. The number of esters is 1. The SMILES string of the molecule is COC(=O)c1ccc(-c2ccc3c(c2)C[C@@H](N)CC3)cc1. The van der Waals surface area contributed by atoms with Gasteiger partial charge in [0.15, 0.2) is 0 Å². The highest BCUT2D eigenvalue weighted by atomic mass is 16.5. The molecule has 0 heterocycles. The van der Waals surface area contributed by atoms with Crippen LogP contribution in [0.5, 0.6) is 0 Å². The van der Waals surface area contributed by atoms with Gasteiger partial charge in [-0.2, -0.15) is 0 Å². The molecule has 108 valence electrons. The second-order valence-corrected chi connectivity index (χ2v) is 5.56. The normalized spacial score (nSPS) is 17.1. The molecule has 21 heavy (non-hydrogen) atoms. The molecular weight excluding hydrogens is 262 g/mol. The number of benzene rings is 2. The van der Waals surface area contributed by atoms with E-state index in [0.717, 1.165) is 24.8 Å². The molecule has 0 bridgehead atoms. The molecule has 0 amide bonds. The molecule has 0 unspecified atom stereocenters. The van der Waals surface area contributed by atoms with Crippen LogP contribution in [0.15, 0.2) is 42.5 Å². The van der Waals surface area contributed by atoms with Crippen molar-refractivity contribution in [2.75, 3.05) is 7.11 Å². The van der Waals surface area contributed by atoms with E-state index in [4.69, 9.17) is 10.5 Å². The van der Waals surface area contributed by atoms with Gasteiger partial charge in [0.25, 0.3) is 0 Å². The van der Waals surface area contributed by atoms with Gasteiger partial charge in [0, 0.05) is 6.04 Å². The van der Waals surface area contributed by atoms with Crippen molar-refractivity contribution in [1.82, 2.24) is 0 Å². The molecule has 3 heteroatoms. The smallest absolute Gasteiger partial charge is 0.337 e. The summed E-state index contributed by atoms with van der Waals surface area (Å²) in [5, 5.41) is 0. The standard InChI is InChI=1S/C18H19NO2/c1-21-18(20)14-5-2-12(3-6-14)15-7-4-13-8-9-17(19)11-16(13)10-15/h2-7,10,17H,8-9,11,19H2,1H3/t17-/m0/s1. The van der Waals surface area contributed by atoms with Gasteiger partial charge < -0.3 is 10.5 Å². The molecule has 0 saturated carbocycles. The minimum absolute atomic E-state index is 0.273. The van der Waals surface area contributed by atoms with E-state index < -0.39 is 0 Å². The molecule has 2 aromatic rings. The molecule has 3 nitrogen and oxygen atoms in total. The fourth-order valence-electron chi connectivity index (χ4n) is 2.88. The minimum atomic E-state index is -0.307. The lowest BCUT2D eigenvalue weighted by Gasteiger charge is -2.22. The van der Waals surface area contributed by atoms with E-state index in [1.54, 1.807) is 12.1 Å². The predicted octanol–water partition coefficient (Wildman–Crippen LogP) is 2.96. The van der Waals surface area contributed by atoms with Gasteiger partial charge in [-0.3, -0.25) is 0 Å². The number of carbonyl (C=O) groups excluding carboxylic acids is 1. The maximum atomic E-state index is 11.5. The third kappa shape index (κ3) is 2.83. The number of rotatable bonds is 2. The molecule has 0 radical (unpaired) electrons. The Kier molecular flexibility index (Phi) is 3.76. The Balaban J connectivity index is 1.90. The molecule has 0 fully saturated rings. The maximum absolute atomic E-state index is 11.5. The zero-order valence-corrected chi connectivity index (χ0v) is 12.1. The van der Waals surface area contributed by atoms with Gasteiger partial charge in [-0.25, -0.2) is 4.79 Å². The first kappa shape index (κ1) is 13.8. The first-order valence-electron chi connectivity index (χ1n) is 7.23. The molecule has 2 N–H and O–H groups in total. The van der Waals surface area contributed by atoms with E-state index in [1.807, 2.05) is 12.1 Å². The van der Waals surface area contributed by atoms with Gasteiger partial charge in [0.2, 0.25) is 0 Å². The summed E-state index contributed by atoms with van der Waals surface area (Å²) < 4.78 is 4.72. The zero-order chi connectivity index (χ0) is 14.8. The summed E-state index contributed by atoms with van der Waals surface area (Å²) in [7, 11) is 1.39. The quantitative estimate of drug-likeness (QED) is 0.861. The number of carbonyl (C=O) groups is 1. The monoisotopic (exact) mass is 281 g/mol. The largest absolute Gasteiger partial charge is 0.465 e. The van der Waals surface area contributed by atoms with E-state index in [2.05, 4.69) is 18.2 Å². The summed E-state index contributed by atoms with van der Waals surface area (Å²) in [5.74, 6) is -0.307. The van der Waals surface area contributed by atoms with Gasteiger partial charge in [-0.15, -0.1) is 0 Å². The molecular formula is C18H19NO2. The van der Waals surface area contributed by atoms with Crippen molar-refractivity contribution in [2.24, 2.45) is 5.73 Å². The molecule has 0 saturated heterocycles. The average molecular weight is 281 g/mol. The lowest BCUT2D eigenvalue weighted by atomic mass is 9.86. The highest BCUT2D eigenvalue weighted by molar-refractivity contribution is 5.90. The Hall–Kier alpha value is -2.13. The highest BCUT2D eigenvalue weighted by Gasteiger charge is 2.16. The van der Waals surface area contributed by atoms with Crippen LogP contribution < -0.4 is 5.73 Å². The lowest BCUT2D eigenvalue weighted by molar-refractivity contribution is 0.0601. The van der Waals surface area contributed by atoms with Crippen molar-refractivity contribution in [2.45, 2.75) is 25.3 Å². The third-order valence-corrected chi connectivity index (χ3v) is 4.11. The minimum Gasteiger partial charge on any atom is -0.465 e. The van der Waals surface area contributed by atoms with Gasteiger partial charge >= 0.3 is 5.97 Å². The summed E-state index contributed by atoms with van der Waals surface area (Å²) in [6.45, 7) is 0. The van der Waals surface area contributed by atoms with Crippen LogP contribution >= 0.6 is 0 Å². The fraction of sp³-hybridized carbons (Fsp3) is 0.278. The van der Waals surface area contributed by atoms with Crippen molar-refractivity contribution < 1.29 is 9.53 Å². The number of fused-ring (bicyclic) bond motifs is 1. The number of methoxy groups -OCH3 is 1. The third-order valence-electron chi connectivity index (χ3n) is 4.11. The van der Waals surface area contributed by atoms with Crippen molar-refractivity contribution in [3.63, 3.8) is 0 Å². The van der Waals surface area contributed by atoms with Crippen molar-refractivity contribution in [1.29, 1.82) is 0 Å². The van der Waals surface area contributed by atoms with Gasteiger partial charge in [-0.05, 0) is 53.6 Å². The first-order valence-corrected chi connectivity index (χ1v) is 7.23. The van der Waals surface area contributed by atoms with E-state index in [0.29, 0.717) is 5.56 Å². The molecule has 0 spiro atoms. The van der Waals surface area contributed by atoms with Crippen molar-refractivity contribution in [3.05, 3.63) is 59.2 Å². The Morgan fingerprint density at radius 1 is 1.10 bits per heavy atom. The second kappa shape index (κ2) is 5.70. The van der Waals surface area contributed by atoms with Crippen LogP contribution in [0, 0.1) is 0 Å². The molecule has 1 aliphatic rings. The number of hydrogen-bond donors (Lipinski definition) is 1. The predicted molar refractivity (Wildman–Crippen MR) is 83.2 cm³/mol. The molecule has 3 rings (SSSR count). The average Bonchev–Trinajstić information content (AvgIpc) is 2.53. The second-order valence-electron chi connectivity index (χ2n) is 5.56. The van der Waals surface area contributed by atoms with Gasteiger partial charge in [0.05, 0.1) is 12.7 Å². The van der Waals surface area contributed by atoms with Crippen LogP contribution in [-0.4, -0.2) is 19.1 Å². The Morgan fingerprint density at radius 3 is 2.52 bits per heavy atom. The molecule has 2 aromatic carbocycles. The zero-order valence-electron chi connectivity index (χ0n) is 12.1. The summed E-state index contributed by atoms with van der Waals surface area (Å²) in [5.41, 5.74) is 11.7. The Labute approximate surface area is 124 Å². The Bertz CT molecular complexity index is 661. The molecule has 1 aliphatic carbocycles. The van der Waals surface area contributed by atoms with E-state index in [9.17, 15) is 4.79 Å². The van der Waals surface area contributed by atoms with E-state index in [1.165, 1.54) is 23.8 Å². The summed E-state index contributed by atoms with van der Waals surface area (Å²) in [4.78, 5) is 11.5. The van der Waals surface area contributed by atoms with Gasteiger partial charge in [0.1, 0.15) is 0 Å².